The van der Waals surface area contributed by atoms with Crippen LogP contribution in [-0.4, -0.2) is 6.54 Å². The highest BCUT2D eigenvalue weighted by atomic mass is 35.5. The number of nitrogens with zero attached hydrogens (tertiary/aromatic N) is 1. The van der Waals surface area contributed by atoms with Crippen LogP contribution in [0.15, 0.2) is 36.4 Å². The second kappa shape index (κ2) is 6.38. The van der Waals surface area contributed by atoms with Crippen LogP contribution in [0.1, 0.15) is 18.1 Å². The second-order valence-electron chi connectivity index (χ2n) is 4.77. The predicted molar refractivity (Wildman–Crippen MR) is 88.8 cm³/mol. The van der Waals surface area contributed by atoms with Gasteiger partial charge in [0.15, 0.2) is 0 Å². The number of rotatable bonds is 4. The zero-order chi connectivity index (χ0) is 14.7. The molecule has 0 radical (unpaired) electrons. The summed E-state index contributed by atoms with van der Waals surface area (Å²) in [5, 5.41) is 1.01. The smallest absolute Gasteiger partial charge is 0.0618 e. The van der Waals surface area contributed by atoms with Crippen LogP contribution in [0.5, 0.6) is 0 Å². The Morgan fingerprint density at radius 3 is 2.40 bits per heavy atom. The number of benzene rings is 2. The molecule has 20 heavy (non-hydrogen) atoms. The quantitative estimate of drug-likeness (QED) is 0.813. The van der Waals surface area contributed by atoms with Crippen LogP contribution in [0.25, 0.3) is 0 Å². The molecule has 2 aromatic rings. The minimum Gasteiger partial charge on any atom is -0.397 e. The molecule has 0 aliphatic carbocycles. The molecule has 2 aromatic carbocycles. The van der Waals surface area contributed by atoms with Crippen molar-refractivity contribution in [1.82, 2.24) is 0 Å². The normalized spacial score (nSPS) is 10.6. The van der Waals surface area contributed by atoms with Crippen LogP contribution in [0.3, 0.4) is 0 Å². The fraction of sp³-hybridized carbons (Fsp3) is 0.250. The topological polar surface area (TPSA) is 29.3 Å². The average Bonchev–Trinajstić information content (AvgIpc) is 2.42. The molecule has 0 saturated heterocycles. The first kappa shape index (κ1) is 15.0. The molecular weight excluding hydrogens is 291 g/mol. The van der Waals surface area contributed by atoms with Crippen molar-refractivity contribution in [3.63, 3.8) is 0 Å². The Balaban J connectivity index is 2.34. The van der Waals surface area contributed by atoms with Crippen molar-refractivity contribution in [2.75, 3.05) is 17.2 Å². The first-order valence-electron chi connectivity index (χ1n) is 6.57. The monoisotopic (exact) mass is 308 g/mol. The highest BCUT2D eigenvalue weighted by Gasteiger charge is 2.12. The van der Waals surface area contributed by atoms with E-state index in [1.54, 1.807) is 6.07 Å². The molecule has 0 aliphatic heterocycles. The zero-order valence-electron chi connectivity index (χ0n) is 11.7. The van der Waals surface area contributed by atoms with E-state index in [-0.39, 0.29) is 0 Å². The summed E-state index contributed by atoms with van der Waals surface area (Å²) in [5.41, 5.74) is 10.2. The van der Waals surface area contributed by atoms with Gasteiger partial charge in [-0.25, -0.2) is 0 Å². The van der Waals surface area contributed by atoms with Gasteiger partial charge in [-0.15, -0.1) is 0 Å². The Kier molecular flexibility index (Phi) is 4.79. The van der Waals surface area contributed by atoms with Gasteiger partial charge in [0.2, 0.25) is 0 Å². The molecule has 2 nitrogen and oxygen atoms in total. The first-order chi connectivity index (χ1) is 9.52. The average molecular weight is 309 g/mol. The van der Waals surface area contributed by atoms with Crippen molar-refractivity contribution >= 4 is 34.6 Å². The number of anilines is 2. The second-order valence-corrected chi connectivity index (χ2v) is 5.58. The molecule has 2 rings (SSSR count). The van der Waals surface area contributed by atoms with Crippen molar-refractivity contribution in [2.24, 2.45) is 0 Å². The Bertz CT molecular complexity index is 611. The number of halogens is 2. The van der Waals surface area contributed by atoms with Crippen molar-refractivity contribution in [2.45, 2.75) is 20.4 Å². The molecule has 0 aromatic heterocycles. The highest BCUT2D eigenvalue weighted by molar-refractivity contribution is 6.42. The highest BCUT2D eigenvalue weighted by Crippen LogP contribution is 2.33. The minimum atomic E-state index is 0.486. The Labute approximate surface area is 130 Å². The van der Waals surface area contributed by atoms with Gasteiger partial charge in [0.25, 0.3) is 0 Å². The molecule has 4 heteroatoms. The third kappa shape index (κ3) is 3.20. The maximum Gasteiger partial charge on any atom is 0.0618 e. The standard InChI is InChI=1S/C16H18Cl2N2/c1-3-20(10-12-7-5-4-6-11(12)2)16-9-14(18)13(17)8-15(16)19/h4-9H,3,10,19H2,1-2H3. The zero-order valence-corrected chi connectivity index (χ0v) is 13.2. The Morgan fingerprint density at radius 2 is 1.75 bits per heavy atom. The summed E-state index contributed by atoms with van der Waals surface area (Å²) in [4.78, 5) is 2.19. The Morgan fingerprint density at radius 1 is 1.10 bits per heavy atom. The fourth-order valence-corrected chi connectivity index (χ4v) is 2.52. The lowest BCUT2D eigenvalue weighted by molar-refractivity contribution is 0.828. The van der Waals surface area contributed by atoms with E-state index in [9.17, 15) is 0 Å². The summed E-state index contributed by atoms with van der Waals surface area (Å²) in [6, 6.07) is 11.9. The van der Waals surface area contributed by atoms with Gasteiger partial charge in [-0.05, 0) is 37.1 Å². The van der Waals surface area contributed by atoms with Crippen molar-refractivity contribution in [3.05, 3.63) is 57.6 Å². The van der Waals surface area contributed by atoms with E-state index in [0.717, 1.165) is 18.8 Å². The van der Waals surface area contributed by atoms with E-state index < -0.39 is 0 Å². The van der Waals surface area contributed by atoms with E-state index in [0.29, 0.717) is 15.7 Å². The molecule has 0 atom stereocenters. The van der Waals surface area contributed by atoms with Crippen LogP contribution < -0.4 is 10.6 Å². The summed E-state index contributed by atoms with van der Waals surface area (Å²) < 4.78 is 0. The molecule has 0 unspecified atom stereocenters. The van der Waals surface area contributed by atoms with Gasteiger partial charge in [-0.3, -0.25) is 0 Å². The van der Waals surface area contributed by atoms with E-state index in [4.69, 9.17) is 28.9 Å². The summed E-state index contributed by atoms with van der Waals surface area (Å²) in [5.74, 6) is 0. The SMILES string of the molecule is CCN(Cc1ccccc1C)c1cc(Cl)c(Cl)cc1N. The number of nitrogens with two attached hydrogens (primary N) is 1. The van der Waals surface area contributed by atoms with Gasteiger partial charge in [-0.1, -0.05) is 47.5 Å². The van der Waals surface area contributed by atoms with Crippen LogP contribution in [-0.2, 0) is 6.54 Å². The summed E-state index contributed by atoms with van der Waals surface area (Å²) in [7, 11) is 0. The van der Waals surface area contributed by atoms with E-state index in [2.05, 4.69) is 30.9 Å². The van der Waals surface area contributed by atoms with Crippen LogP contribution in [0, 0.1) is 6.92 Å². The van der Waals surface area contributed by atoms with Crippen molar-refractivity contribution < 1.29 is 0 Å². The largest absolute Gasteiger partial charge is 0.397 e. The molecule has 0 bridgehead atoms. The molecule has 0 amide bonds. The lowest BCUT2D eigenvalue weighted by Crippen LogP contribution is -2.23. The number of hydrogen-bond donors (Lipinski definition) is 1. The maximum absolute atomic E-state index is 6.11. The van der Waals surface area contributed by atoms with Crippen molar-refractivity contribution in [1.29, 1.82) is 0 Å². The van der Waals surface area contributed by atoms with Gasteiger partial charge in [0.05, 0.1) is 21.4 Å². The molecule has 0 fully saturated rings. The molecule has 0 saturated carbocycles. The summed E-state index contributed by atoms with van der Waals surface area (Å²) in [6.07, 6.45) is 0. The van der Waals surface area contributed by atoms with Gasteiger partial charge in [0.1, 0.15) is 0 Å². The lowest BCUT2D eigenvalue weighted by atomic mass is 10.1. The van der Waals surface area contributed by atoms with Crippen LogP contribution in [0.2, 0.25) is 10.0 Å². The maximum atomic E-state index is 6.11. The van der Waals surface area contributed by atoms with Gasteiger partial charge in [-0.2, -0.15) is 0 Å². The first-order valence-corrected chi connectivity index (χ1v) is 7.32. The predicted octanol–water partition coefficient (Wildman–Crippen LogP) is 4.91. The number of hydrogen-bond acceptors (Lipinski definition) is 2. The number of aryl methyl sites for hydroxylation is 1. The van der Waals surface area contributed by atoms with Crippen molar-refractivity contribution in [3.8, 4) is 0 Å². The van der Waals surface area contributed by atoms with Gasteiger partial charge >= 0.3 is 0 Å². The molecule has 0 spiro atoms. The fourth-order valence-electron chi connectivity index (χ4n) is 2.19. The number of nitrogen functional groups attached to an aromatic ring is 1. The minimum absolute atomic E-state index is 0.486. The molecular formula is C16H18Cl2N2. The summed E-state index contributed by atoms with van der Waals surface area (Å²) in [6.45, 7) is 5.85. The molecule has 2 N–H and O–H groups in total. The third-order valence-corrected chi connectivity index (χ3v) is 4.14. The molecule has 0 aliphatic rings. The summed E-state index contributed by atoms with van der Waals surface area (Å²) >= 11 is 12.1. The van der Waals surface area contributed by atoms with Gasteiger partial charge < -0.3 is 10.6 Å². The Hall–Kier alpha value is -1.38. The van der Waals surface area contributed by atoms with E-state index >= 15 is 0 Å². The van der Waals surface area contributed by atoms with Crippen LogP contribution >= 0.6 is 23.2 Å². The molecule has 0 heterocycles. The van der Waals surface area contributed by atoms with Crippen LogP contribution in [0.4, 0.5) is 11.4 Å². The van der Waals surface area contributed by atoms with Gasteiger partial charge in [0, 0.05) is 13.1 Å². The van der Waals surface area contributed by atoms with E-state index in [1.807, 2.05) is 18.2 Å². The lowest BCUT2D eigenvalue weighted by Gasteiger charge is -2.26. The third-order valence-electron chi connectivity index (χ3n) is 3.41. The van der Waals surface area contributed by atoms with E-state index in [1.165, 1.54) is 11.1 Å². The molecule has 106 valence electrons.